The number of urea groups is 1. The van der Waals surface area contributed by atoms with Crippen LogP contribution >= 0.6 is 11.8 Å². The lowest BCUT2D eigenvalue weighted by Gasteiger charge is -2.21. The van der Waals surface area contributed by atoms with Gasteiger partial charge in [0.15, 0.2) is 6.19 Å². The molecule has 1 atom stereocenters. The third-order valence-electron chi connectivity index (χ3n) is 3.11. The molecule has 10 heteroatoms. The number of hydrogen-bond donors (Lipinski definition) is 2. The summed E-state index contributed by atoms with van der Waals surface area (Å²) < 4.78 is 37.5. The highest BCUT2D eigenvalue weighted by Crippen LogP contribution is 2.29. The second kappa shape index (κ2) is 9.17. The number of carbonyl (C=O) groups is 2. The first-order valence-electron chi connectivity index (χ1n) is 7.17. The Hall–Kier alpha value is -2.41. The second-order valence-electron chi connectivity index (χ2n) is 4.86. The van der Waals surface area contributed by atoms with Crippen LogP contribution in [0, 0.1) is 11.5 Å². The molecule has 0 fully saturated rings. The van der Waals surface area contributed by atoms with E-state index in [2.05, 4.69) is 10.6 Å². The molecule has 1 rings (SSSR count). The predicted molar refractivity (Wildman–Crippen MR) is 88.8 cm³/mol. The summed E-state index contributed by atoms with van der Waals surface area (Å²) in [5, 5.41) is 13.7. The molecule has 3 amide bonds. The van der Waals surface area contributed by atoms with E-state index in [1.165, 1.54) is 11.8 Å². The molecule has 1 unspecified atom stereocenters. The number of thioether (sulfide) groups is 1. The van der Waals surface area contributed by atoms with Crippen molar-refractivity contribution in [2.45, 2.75) is 19.1 Å². The average molecular weight is 374 g/mol. The second-order valence-corrected chi connectivity index (χ2v) is 5.77. The van der Waals surface area contributed by atoms with Gasteiger partial charge >= 0.3 is 12.2 Å². The number of nitrogens with zero attached hydrogens (tertiary/aromatic N) is 2. The summed E-state index contributed by atoms with van der Waals surface area (Å²) in [6.07, 6.45) is -0.996. The van der Waals surface area contributed by atoms with Gasteiger partial charge in [0.2, 0.25) is 0 Å². The maximum atomic E-state index is 12.5. The first kappa shape index (κ1) is 20.6. The van der Waals surface area contributed by atoms with Crippen LogP contribution in [0.25, 0.3) is 0 Å². The molecule has 0 aliphatic rings. The first-order chi connectivity index (χ1) is 11.7. The van der Waals surface area contributed by atoms with Gasteiger partial charge in [0.05, 0.1) is 5.56 Å². The van der Waals surface area contributed by atoms with Crippen molar-refractivity contribution in [2.75, 3.05) is 23.9 Å². The van der Waals surface area contributed by atoms with E-state index in [-0.39, 0.29) is 18.0 Å². The van der Waals surface area contributed by atoms with E-state index in [4.69, 9.17) is 5.26 Å². The Morgan fingerprint density at radius 1 is 1.32 bits per heavy atom. The van der Waals surface area contributed by atoms with Gasteiger partial charge in [-0.05, 0) is 37.4 Å². The van der Waals surface area contributed by atoms with Crippen molar-refractivity contribution >= 4 is 29.4 Å². The lowest BCUT2D eigenvalue weighted by atomic mass is 10.2. The fourth-order valence-corrected chi connectivity index (χ4v) is 2.43. The van der Waals surface area contributed by atoms with Crippen molar-refractivity contribution in [3.05, 3.63) is 29.8 Å². The topological polar surface area (TPSA) is 85.2 Å². The van der Waals surface area contributed by atoms with E-state index in [1.54, 1.807) is 19.4 Å². The maximum absolute atomic E-state index is 12.5. The quantitative estimate of drug-likeness (QED) is 0.592. The number of nitrogens with one attached hydrogen (secondary N) is 2. The molecule has 0 spiro atoms. The number of alkyl halides is 3. The molecular formula is C15H17F3N4O2S. The third-order valence-corrected chi connectivity index (χ3v) is 3.78. The molecule has 136 valence electrons. The summed E-state index contributed by atoms with van der Waals surface area (Å²) in [7, 11) is 0. The van der Waals surface area contributed by atoms with E-state index >= 15 is 0 Å². The van der Waals surface area contributed by atoms with Crippen molar-refractivity contribution in [1.82, 2.24) is 10.2 Å². The van der Waals surface area contributed by atoms with Crippen molar-refractivity contribution in [2.24, 2.45) is 0 Å². The Morgan fingerprint density at radius 3 is 2.36 bits per heavy atom. The van der Waals surface area contributed by atoms with E-state index in [9.17, 15) is 22.8 Å². The Labute approximate surface area is 147 Å². The van der Waals surface area contributed by atoms with Crippen LogP contribution in [0.15, 0.2) is 24.3 Å². The van der Waals surface area contributed by atoms with Crippen LogP contribution < -0.4 is 10.6 Å². The summed E-state index contributed by atoms with van der Waals surface area (Å²) in [6.45, 7) is 1.79. The minimum Gasteiger partial charge on any atom is -0.325 e. The van der Waals surface area contributed by atoms with Crippen molar-refractivity contribution in [3.8, 4) is 6.19 Å². The first-order valence-corrected chi connectivity index (χ1v) is 8.57. The summed E-state index contributed by atoms with van der Waals surface area (Å²) in [5.41, 5.74) is -0.685. The van der Waals surface area contributed by atoms with Crippen molar-refractivity contribution in [1.29, 1.82) is 5.26 Å². The van der Waals surface area contributed by atoms with E-state index in [0.717, 1.165) is 29.2 Å². The SMILES string of the molecule is CCN(C#N)C(=O)C(CSC)NC(=O)Nc1ccc(C(F)(F)F)cc1. The number of benzene rings is 1. The van der Waals surface area contributed by atoms with E-state index in [1.807, 2.05) is 0 Å². The molecule has 0 bridgehead atoms. The molecule has 25 heavy (non-hydrogen) atoms. The number of carbonyl (C=O) groups excluding carboxylic acids is 2. The number of amides is 3. The average Bonchev–Trinajstić information content (AvgIpc) is 2.55. The van der Waals surface area contributed by atoms with Crippen LogP contribution in [-0.2, 0) is 11.0 Å². The monoisotopic (exact) mass is 374 g/mol. The molecule has 1 aromatic carbocycles. The fourth-order valence-electron chi connectivity index (χ4n) is 1.87. The number of hydrogen-bond acceptors (Lipinski definition) is 4. The minimum absolute atomic E-state index is 0.147. The standard InChI is InChI=1S/C15H17F3N4O2S/c1-3-22(9-19)13(23)12(8-25-2)21-14(24)20-11-6-4-10(5-7-11)15(16,17)18/h4-7,12H,3,8H2,1-2H3,(H2,20,21,24). The maximum Gasteiger partial charge on any atom is 0.416 e. The molecule has 2 N–H and O–H groups in total. The molecule has 1 aromatic rings. The summed E-state index contributed by atoms with van der Waals surface area (Å²) in [5.74, 6) is -0.306. The predicted octanol–water partition coefficient (Wildman–Crippen LogP) is 2.89. The molecule has 0 radical (unpaired) electrons. The number of rotatable bonds is 6. The van der Waals surface area contributed by atoms with Crippen LogP contribution in [0.3, 0.4) is 0 Å². The highest BCUT2D eigenvalue weighted by molar-refractivity contribution is 7.98. The van der Waals surface area contributed by atoms with Gasteiger partial charge in [0.1, 0.15) is 6.04 Å². The minimum atomic E-state index is -4.46. The number of anilines is 1. The largest absolute Gasteiger partial charge is 0.416 e. The van der Waals surface area contributed by atoms with Crippen LogP contribution in [0.5, 0.6) is 0 Å². The zero-order valence-corrected chi connectivity index (χ0v) is 14.4. The normalized spacial score (nSPS) is 12.0. The highest BCUT2D eigenvalue weighted by atomic mass is 32.2. The smallest absolute Gasteiger partial charge is 0.325 e. The van der Waals surface area contributed by atoms with E-state index < -0.39 is 29.7 Å². The van der Waals surface area contributed by atoms with E-state index in [0.29, 0.717) is 0 Å². The Bertz CT molecular complexity index is 644. The molecule has 0 aliphatic carbocycles. The van der Waals surface area contributed by atoms with Crippen LogP contribution in [0.2, 0.25) is 0 Å². The van der Waals surface area contributed by atoms with Crippen LogP contribution in [0.1, 0.15) is 12.5 Å². The molecular weight excluding hydrogens is 357 g/mol. The fraction of sp³-hybridized carbons (Fsp3) is 0.400. The Balaban J connectivity index is 2.75. The number of nitriles is 1. The number of halogens is 3. The molecule has 0 heterocycles. The molecule has 0 saturated carbocycles. The molecule has 0 aromatic heterocycles. The molecule has 6 nitrogen and oxygen atoms in total. The lowest BCUT2D eigenvalue weighted by molar-refractivity contribution is -0.137. The van der Waals surface area contributed by atoms with Crippen molar-refractivity contribution in [3.63, 3.8) is 0 Å². The van der Waals surface area contributed by atoms with Gasteiger partial charge < -0.3 is 10.6 Å². The van der Waals surface area contributed by atoms with Gasteiger partial charge in [-0.1, -0.05) is 0 Å². The Kier molecular flexibility index (Phi) is 7.57. The van der Waals surface area contributed by atoms with Crippen LogP contribution in [-0.4, -0.2) is 41.4 Å². The van der Waals surface area contributed by atoms with Gasteiger partial charge in [-0.2, -0.15) is 30.2 Å². The third kappa shape index (κ3) is 6.19. The van der Waals surface area contributed by atoms with Gasteiger partial charge in [-0.3, -0.25) is 4.79 Å². The van der Waals surface area contributed by atoms with Gasteiger partial charge in [-0.25, -0.2) is 9.69 Å². The Morgan fingerprint density at radius 2 is 1.92 bits per heavy atom. The van der Waals surface area contributed by atoms with Gasteiger partial charge in [0.25, 0.3) is 5.91 Å². The zero-order chi connectivity index (χ0) is 19.0. The summed E-state index contributed by atoms with van der Waals surface area (Å²) in [6, 6.07) is 2.23. The number of likely N-dealkylation sites (N-methyl/N-ethyl adjacent to an activating group) is 1. The molecule has 0 saturated heterocycles. The van der Waals surface area contributed by atoms with Crippen molar-refractivity contribution < 1.29 is 22.8 Å². The summed E-state index contributed by atoms with van der Waals surface area (Å²) >= 11 is 1.31. The van der Waals surface area contributed by atoms with Gasteiger partial charge in [0, 0.05) is 18.0 Å². The summed E-state index contributed by atoms with van der Waals surface area (Å²) in [4.78, 5) is 25.1. The lowest BCUT2D eigenvalue weighted by Crippen LogP contribution is -2.49. The zero-order valence-electron chi connectivity index (χ0n) is 13.6. The molecule has 0 aliphatic heterocycles. The van der Waals surface area contributed by atoms with Crippen LogP contribution in [0.4, 0.5) is 23.7 Å². The van der Waals surface area contributed by atoms with Gasteiger partial charge in [-0.15, -0.1) is 0 Å². The highest BCUT2D eigenvalue weighted by Gasteiger charge is 2.30.